The molecular weight excluding hydrogens is 346 g/mol. The summed E-state index contributed by atoms with van der Waals surface area (Å²) in [4.78, 5) is 28.3. The van der Waals surface area contributed by atoms with Crippen LogP contribution in [0.2, 0.25) is 0 Å². The summed E-state index contributed by atoms with van der Waals surface area (Å²) in [5, 5.41) is 5.89. The number of pyridine rings is 1. The molecule has 3 rings (SSSR count). The van der Waals surface area contributed by atoms with E-state index in [-0.39, 0.29) is 5.91 Å². The molecule has 1 amide bonds. The molecule has 138 valence electrons. The second-order valence-electron chi connectivity index (χ2n) is 5.61. The van der Waals surface area contributed by atoms with E-state index in [1.54, 1.807) is 55.8 Å². The number of hydrogen-bond acceptors (Lipinski definition) is 6. The first-order chi connectivity index (χ1) is 13.2. The fourth-order valence-electron chi connectivity index (χ4n) is 2.37. The van der Waals surface area contributed by atoms with E-state index in [2.05, 4.69) is 15.6 Å². The standard InChI is InChI=1S/C20H19N3O4/c1-2-26-20(25)14-5-7-16(8-6-14)23-19(24)15-9-10-21-18(12-15)22-13-17-4-3-11-27-17/h3-12H,2,13H2,1H3,(H,21,22)(H,23,24). The molecule has 0 radical (unpaired) electrons. The maximum atomic E-state index is 12.4. The Bertz CT molecular complexity index is 905. The van der Waals surface area contributed by atoms with Crippen molar-refractivity contribution in [3.05, 3.63) is 77.9 Å². The topological polar surface area (TPSA) is 93.5 Å². The Hall–Kier alpha value is -3.61. The van der Waals surface area contributed by atoms with Crippen LogP contribution in [0.1, 0.15) is 33.4 Å². The van der Waals surface area contributed by atoms with Crippen LogP contribution in [-0.4, -0.2) is 23.5 Å². The molecule has 1 aromatic carbocycles. The number of anilines is 2. The number of hydrogen-bond donors (Lipinski definition) is 2. The van der Waals surface area contributed by atoms with Crippen LogP contribution in [0.3, 0.4) is 0 Å². The average molecular weight is 365 g/mol. The van der Waals surface area contributed by atoms with Crippen LogP contribution in [0.5, 0.6) is 0 Å². The van der Waals surface area contributed by atoms with E-state index in [1.165, 1.54) is 0 Å². The summed E-state index contributed by atoms with van der Waals surface area (Å²) >= 11 is 0. The van der Waals surface area contributed by atoms with Crippen molar-refractivity contribution in [1.29, 1.82) is 0 Å². The highest BCUT2D eigenvalue weighted by atomic mass is 16.5. The van der Waals surface area contributed by atoms with E-state index in [4.69, 9.17) is 9.15 Å². The number of nitrogens with zero attached hydrogens (tertiary/aromatic N) is 1. The van der Waals surface area contributed by atoms with Crippen LogP contribution in [-0.2, 0) is 11.3 Å². The number of carbonyl (C=O) groups is 2. The zero-order chi connectivity index (χ0) is 19.1. The monoisotopic (exact) mass is 365 g/mol. The number of furan rings is 1. The minimum absolute atomic E-state index is 0.276. The number of amides is 1. The number of aromatic nitrogens is 1. The van der Waals surface area contributed by atoms with Crippen molar-refractivity contribution in [1.82, 2.24) is 4.98 Å². The first-order valence-electron chi connectivity index (χ1n) is 8.46. The molecule has 7 nitrogen and oxygen atoms in total. The summed E-state index contributed by atoms with van der Waals surface area (Å²) in [7, 11) is 0. The van der Waals surface area contributed by atoms with Crippen LogP contribution in [0.4, 0.5) is 11.5 Å². The number of ether oxygens (including phenoxy) is 1. The molecule has 0 aliphatic rings. The third kappa shape index (κ3) is 4.94. The van der Waals surface area contributed by atoms with Crippen LogP contribution in [0.25, 0.3) is 0 Å². The van der Waals surface area contributed by atoms with E-state index >= 15 is 0 Å². The van der Waals surface area contributed by atoms with Gasteiger partial charge in [-0.3, -0.25) is 4.79 Å². The van der Waals surface area contributed by atoms with Crippen LogP contribution in [0, 0.1) is 0 Å². The molecule has 0 bridgehead atoms. The van der Waals surface area contributed by atoms with Crippen molar-refractivity contribution in [3.8, 4) is 0 Å². The van der Waals surface area contributed by atoms with Gasteiger partial charge < -0.3 is 19.8 Å². The summed E-state index contributed by atoms with van der Waals surface area (Å²) in [6, 6.07) is 13.5. The summed E-state index contributed by atoms with van der Waals surface area (Å²) in [6.45, 7) is 2.54. The van der Waals surface area contributed by atoms with Gasteiger partial charge in [0.1, 0.15) is 11.6 Å². The predicted molar refractivity (Wildman–Crippen MR) is 101 cm³/mol. The zero-order valence-corrected chi connectivity index (χ0v) is 14.8. The van der Waals surface area contributed by atoms with E-state index in [0.717, 1.165) is 5.76 Å². The minimum Gasteiger partial charge on any atom is -0.467 e. The molecule has 27 heavy (non-hydrogen) atoms. The highest BCUT2D eigenvalue weighted by molar-refractivity contribution is 6.04. The van der Waals surface area contributed by atoms with Gasteiger partial charge in [0, 0.05) is 17.4 Å². The summed E-state index contributed by atoms with van der Waals surface area (Å²) < 4.78 is 10.2. The van der Waals surface area contributed by atoms with Gasteiger partial charge in [0.2, 0.25) is 0 Å². The van der Waals surface area contributed by atoms with Crippen LogP contribution < -0.4 is 10.6 Å². The summed E-state index contributed by atoms with van der Waals surface area (Å²) in [5.41, 5.74) is 1.47. The normalized spacial score (nSPS) is 10.3. The Balaban J connectivity index is 1.62. The Kier molecular flexibility index (Phi) is 5.84. The van der Waals surface area contributed by atoms with Crippen LogP contribution in [0.15, 0.2) is 65.4 Å². The fraction of sp³-hybridized carbons (Fsp3) is 0.150. The van der Waals surface area contributed by atoms with E-state index in [1.807, 2.05) is 12.1 Å². The third-order valence-electron chi connectivity index (χ3n) is 3.70. The molecular formula is C20H19N3O4. The SMILES string of the molecule is CCOC(=O)c1ccc(NC(=O)c2ccnc(NCc3ccco3)c2)cc1. The molecule has 0 saturated heterocycles. The van der Waals surface area contributed by atoms with E-state index in [9.17, 15) is 9.59 Å². The lowest BCUT2D eigenvalue weighted by Gasteiger charge is -2.08. The number of benzene rings is 1. The molecule has 0 saturated carbocycles. The number of esters is 1. The quantitative estimate of drug-likeness (QED) is 0.620. The Morgan fingerprint density at radius 2 is 1.93 bits per heavy atom. The van der Waals surface area contributed by atoms with Crippen molar-refractivity contribution >= 4 is 23.4 Å². The van der Waals surface area contributed by atoms with Gasteiger partial charge in [0.15, 0.2) is 0 Å². The number of carbonyl (C=O) groups excluding carboxylic acids is 2. The lowest BCUT2D eigenvalue weighted by Crippen LogP contribution is -2.13. The molecule has 2 N–H and O–H groups in total. The Morgan fingerprint density at radius 1 is 1.11 bits per heavy atom. The second kappa shape index (κ2) is 8.66. The van der Waals surface area contributed by atoms with Crippen molar-refractivity contribution in [2.75, 3.05) is 17.2 Å². The van der Waals surface area contributed by atoms with E-state index in [0.29, 0.717) is 35.8 Å². The van der Waals surface area contributed by atoms with Gasteiger partial charge in [-0.2, -0.15) is 0 Å². The summed E-state index contributed by atoms with van der Waals surface area (Å²) in [6.07, 6.45) is 3.16. The van der Waals surface area contributed by atoms with Gasteiger partial charge in [-0.15, -0.1) is 0 Å². The summed E-state index contributed by atoms with van der Waals surface area (Å²) in [5.74, 6) is 0.671. The average Bonchev–Trinajstić information content (AvgIpc) is 3.21. The maximum Gasteiger partial charge on any atom is 0.338 e. The highest BCUT2D eigenvalue weighted by Crippen LogP contribution is 2.14. The lowest BCUT2D eigenvalue weighted by atomic mass is 10.2. The van der Waals surface area contributed by atoms with Crippen molar-refractivity contribution < 1.29 is 18.7 Å². The molecule has 0 fully saturated rings. The predicted octanol–water partition coefficient (Wildman–Crippen LogP) is 3.72. The number of nitrogens with one attached hydrogen (secondary N) is 2. The molecule has 7 heteroatoms. The van der Waals surface area contributed by atoms with Gasteiger partial charge in [0.05, 0.1) is 25.0 Å². The molecule has 3 aromatic rings. The first kappa shape index (κ1) is 18.2. The Labute approximate surface area is 156 Å². The second-order valence-corrected chi connectivity index (χ2v) is 5.61. The van der Waals surface area contributed by atoms with Gasteiger partial charge in [-0.1, -0.05) is 0 Å². The molecule has 2 heterocycles. The van der Waals surface area contributed by atoms with Gasteiger partial charge in [0.25, 0.3) is 5.91 Å². The van der Waals surface area contributed by atoms with Crippen molar-refractivity contribution in [3.63, 3.8) is 0 Å². The molecule has 0 aliphatic heterocycles. The van der Waals surface area contributed by atoms with Crippen molar-refractivity contribution in [2.24, 2.45) is 0 Å². The highest BCUT2D eigenvalue weighted by Gasteiger charge is 2.10. The fourth-order valence-corrected chi connectivity index (χ4v) is 2.37. The van der Waals surface area contributed by atoms with Gasteiger partial charge >= 0.3 is 5.97 Å². The van der Waals surface area contributed by atoms with Gasteiger partial charge in [-0.25, -0.2) is 9.78 Å². The smallest absolute Gasteiger partial charge is 0.338 e. The molecule has 0 spiro atoms. The van der Waals surface area contributed by atoms with Crippen LogP contribution >= 0.6 is 0 Å². The molecule has 2 aromatic heterocycles. The molecule has 0 aliphatic carbocycles. The molecule has 0 atom stereocenters. The zero-order valence-electron chi connectivity index (χ0n) is 14.8. The maximum absolute atomic E-state index is 12.4. The van der Waals surface area contributed by atoms with E-state index < -0.39 is 5.97 Å². The molecule has 0 unspecified atom stereocenters. The Morgan fingerprint density at radius 3 is 2.63 bits per heavy atom. The third-order valence-corrected chi connectivity index (χ3v) is 3.70. The first-order valence-corrected chi connectivity index (χ1v) is 8.46. The lowest BCUT2D eigenvalue weighted by molar-refractivity contribution is 0.0526. The van der Waals surface area contributed by atoms with Crippen molar-refractivity contribution in [2.45, 2.75) is 13.5 Å². The van der Waals surface area contributed by atoms with Gasteiger partial charge in [-0.05, 0) is 55.5 Å². The number of rotatable bonds is 7. The largest absolute Gasteiger partial charge is 0.467 e. The minimum atomic E-state index is -0.392.